The number of aromatic nitrogens is 2. The Balaban J connectivity index is 1.80. The van der Waals surface area contributed by atoms with Crippen LogP contribution in [0.25, 0.3) is 0 Å². The number of benzene rings is 2. The number of carbonyl (C=O) groups is 2. The summed E-state index contributed by atoms with van der Waals surface area (Å²) in [6, 6.07) is 15.9. The van der Waals surface area contributed by atoms with E-state index in [1.807, 2.05) is 42.5 Å². The Morgan fingerprint density at radius 1 is 1.12 bits per heavy atom. The molecule has 2 amide bonds. The molecule has 0 unspecified atom stereocenters. The normalized spacial score (nSPS) is 11.6. The number of rotatable bonds is 9. The van der Waals surface area contributed by atoms with Crippen molar-refractivity contribution >= 4 is 56.8 Å². The molecule has 9 heteroatoms. The molecule has 0 saturated heterocycles. The molecular weight excluding hydrogens is 512 g/mol. The van der Waals surface area contributed by atoms with Gasteiger partial charge in [-0.05, 0) is 36.2 Å². The second kappa shape index (κ2) is 12.0. The van der Waals surface area contributed by atoms with Crippen molar-refractivity contribution in [2.24, 2.45) is 0 Å². The van der Waals surface area contributed by atoms with Gasteiger partial charge in [0.1, 0.15) is 6.04 Å². The monoisotopic (exact) mass is 532 g/mol. The predicted octanol–water partition coefficient (Wildman–Crippen LogP) is 5.37. The molecule has 166 valence electrons. The number of hydrogen-bond acceptors (Lipinski definition) is 5. The van der Waals surface area contributed by atoms with Crippen LogP contribution in [0.3, 0.4) is 0 Å². The van der Waals surface area contributed by atoms with E-state index in [9.17, 15) is 9.59 Å². The van der Waals surface area contributed by atoms with Crippen LogP contribution in [0.15, 0.2) is 70.4 Å². The van der Waals surface area contributed by atoms with E-state index >= 15 is 0 Å². The van der Waals surface area contributed by atoms with E-state index < -0.39 is 11.9 Å². The Kier molecular flexibility index (Phi) is 9.08. The van der Waals surface area contributed by atoms with Crippen molar-refractivity contribution in [1.82, 2.24) is 15.3 Å². The SMILES string of the molecule is CCCSc1ncc(Cl)c(C(=O)N[C@@H](Cc2ccccc2)C(=O)Nc2ccc(Br)cc2)n1. The third-order valence-corrected chi connectivity index (χ3v) is 6.26. The quantitative estimate of drug-likeness (QED) is 0.285. The highest BCUT2D eigenvalue weighted by Gasteiger charge is 2.24. The van der Waals surface area contributed by atoms with Crippen LogP contribution in [0, 0.1) is 0 Å². The molecule has 1 heterocycles. The molecule has 0 spiro atoms. The minimum atomic E-state index is -0.827. The number of amides is 2. The van der Waals surface area contributed by atoms with Crippen molar-refractivity contribution in [3.05, 3.63) is 81.5 Å². The highest BCUT2D eigenvalue weighted by Crippen LogP contribution is 2.20. The van der Waals surface area contributed by atoms with E-state index in [2.05, 4.69) is 43.5 Å². The Bertz CT molecular complexity index is 1070. The molecule has 32 heavy (non-hydrogen) atoms. The number of halogens is 2. The zero-order chi connectivity index (χ0) is 22.9. The number of nitrogens with zero attached hydrogens (tertiary/aromatic N) is 2. The topological polar surface area (TPSA) is 84.0 Å². The van der Waals surface area contributed by atoms with Gasteiger partial charge in [0.2, 0.25) is 5.91 Å². The fourth-order valence-corrected chi connectivity index (χ4v) is 3.93. The summed E-state index contributed by atoms with van der Waals surface area (Å²) in [7, 11) is 0. The van der Waals surface area contributed by atoms with Gasteiger partial charge in [-0.2, -0.15) is 0 Å². The third-order valence-electron chi connectivity index (χ3n) is 4.39. The lowest BCUT2D eigenvalue weighted by Gasteiger charge is -2.19. The predicted molar refractivity (Wildman–Crippen MR) is 132 cm³/mol. The van der Waals surface area contributed by atoms with Crippen LogP contribution in [-0.2, 0) is 11.2 Å². The average molecular weight is 534 g/mol. The molecular formula is C23H22BrClN4O2S. The molecule has 3 aromatic rings. The summed E-state index contributed by atoms with van der Waals surface area (Å²) in [5, 5.41) is 6.26. The van der Waals surface area contributed by atoms with Crippen LogP contribution in [0.4, 0.5) is 5.69 Å². The van der Waals surface area contributed by atoms with Gasteiger partial charge in [0.05, 0.1) is 11.2 Å². The zero-order valence-electron chi connectivity index (χ0n) is 17.3. The van der Waals surface area contributed by atoms with Crippen molar-refractivity contribution in [2.45, 2.75) is 31.0 Å². The highest BCUT2D eigenvalue weighted by atomic mass is 79.9. The first-order valence-corrected chi connectivity index (χ1v) is 12.2. The minimum absolute atomic E-state index is 0.0507. The first kappa shape index (κ1) is 24.2. The van der Waals surface area contributed by atoms with Crippen molar-refractivity contribution in [3.8, 4) is 0 Å². The van der Waals surface area contributed by atoms with Gasteiger partial charge in [0.15, 0.2) is 10.9 Å². The van der Waals surface area contributed by atoms with Crippen LogP contribution in [0.1, 0.15) is 29.4 Å². The van der Waals surface area contributed by atoms with E-state index in [1.165, 1.54) is 18.0 Å². The lowest BCUT2D eigenvalue weighted by atomic mass is 10.0. The molecule has 2 aromatic carbocycles. The van der Waals surface area contributed by atoms with Gasteiger partial charge in [-0.3, -0.25) is 9.59 Å². The molecule has 0 saturated carbocycles. The summed E-state index contributed by atoms with van der Waals surface area (Å²) in [6.07, 6.45) is 2.68. The Hall–Kier alpha value is -2.42. The van der Waals surface area contributed by atoms with Crippen LogP contribution in [0.2, 0.25) is 5.02 Å². The van der Waals surface area contributed by atoms with E-state index in [0.717, 1.165) is 22.2 Å². The second-order valence-corrected chi connectivity index (χ2v) is 9.29. The second-order valence-electron chi connectivity index (χ2n) is 6.91. The van der Waals surface area contributed by atoms with E-state index in [1.54, 1.807) is 12.1 Å². The molecule has 1 atom stereocenters. The summed E-state index contributed by atoms with van der Waals surface area (Å²) in [5.74, 6) is -0.0347. The maximum absolute atomic E-state index is 13.1. The lowest BCUT2D eigenvalue weighted by Crippen LogP contribution is -2.45. The molecule has 6 nitrogen and oxygen atoms in total. The van der Waals surface area contributed by atoms with Gasteiger partial charge in [0, 0.05) is 22.3 Å². The Morgan fingerprint density at radius 3 is 2.53 bits per heavy atom. The standard InChI is InChI=1S/C23H22BrClN4O2S/c1-2-12-32-23-26-14-18(25)20(29-23)22(31)28-19(13-15-6-4-3-5-7-15)21(30)27-17-10-8-16(24)9-11-17/h3-11,14,19H,2,12-13H2,1H3,(H,27,30)(H,28,31)/t19-/m0/s1. The fourth-order valence-electron chi connectivity index (χ4n) is 2.82. The molecule has 3 rings (SSSR count). The van der Waals surface area contributed by atoms with E-state index in [0.29, 0.717) is 17.3 Å². The highest BCUT2D eigenvalue weighted by molar-refractivity contribution is 9.10. The van der Waals surface area contributed by atoms with Crippen molar-refractivity contribution in [2.75, 3.05) is 11.1 Å². The van der Waals surface area contributed by atoms with E-state index in [-0.39, 0.29) is 16.6 Å². The average Bonchev–Trinajstić information content (AvgIpc) is 2.80. The largest absolute Gasteiger partial charge is 0.338 e. The summed E-state index contributed by atoms with van der Waals surface area (Å²) in [6.45, 7) is 2.05. The van der Waals surface area contributed by atoms with Crippen molar-refractivity contribution in [3.63, 3.8) is 0 Å². The number of nitrogens with one attached hydrogen (secondary N) is 2. The number of carbonyl (C=O) groups excluding carboxylic acids is 2. The first-order chi connectivity index (χ1) is 15.5. The third kappa shape index (κ3) is 7.05. The van der Waals surface area contributed by atoms with Gasteiger partial charge in [-0.1, -0.05) is 76.5 Å². The zero-order valence-corrected chi connectivity index (χ0v) is 20.5. The van der Waals surface area contributed by atoms with Crippen LogP contribution in [0.5, 0.6) is 0 Å². The van der Waals surface area contributed by atoms with Crippen LogP contribution in [-0.4, -0.2) is 33.6 Å². The minimum Gasteiger partial charge on any atom is -0.338 e. The Labute approximate surface area is 204 Å². The molecule has 0 aliphatic heterocycles. The maximum atomic E-state index is 13.1. The number of thioether (sulfide) groups is 1. The van der Waals surface area contributed by atoms with Crippen LogP contribution < -0.4 is 10.6 Å². The molecule has 1 aromatic heterocycles. The number of anilines is 1. The van der Waals surface area contributed by atoms with Gasteiger partial charge in [0.25, 0.3) is 5.91 Å². The van der Waals surface area contributed by atoms with Crippen molar-refractivity contribution in [1.29, 1.82) is 0 Å². The van der Waals surface area contributed by atoms with Gasteiger partial charge in [-0.15, -0.1) is 0 Å². The maximum Gasteiger partial charge on any atom is 0.272 e. The molecule has 0 bridgehead atoms. The lowest BCUT2D eigenvalue weighted by molar-refractivity contribution is -0.118. The summed E-state index contributed by atoms with van der Waals surface area (Å²) < 4.78 is 0.903. The van der Waals surface area contributed by atoms with Crippen molar-refractivity contribution < 1.29 is 9.59 Å². The van der Waals surface area contributed by atoms with Crippen LogP contribution >= 0.6 is 39.3 Å². The summed E-state index contributed by atoms with van der Waals surface area (Å²) >= 11 is 11.0. The molecule has 2 N–H and O–H groups in total. The first-order valence-electron chi connectivity index (χ1n) is 10.0. The summed E-state index contributed by atoms with van der Waals surface area (Å²) in [4.78, 5) is 34.5. The molecule has 0 fully saturated rings. The van der Waals surface area contributed by atoms with Gasteiger partial charge >= 0.3 is 0 Å². The van der Waals surface area contributed by atoms with E-state index in [4.69, 9.17) is 11.6 Å². The molecule has 0 radical (unpaired) electrons. The number of hydrogen-bond donors (Lipinski definition) is 2. The fraction of sp³-hybridized carbons (Fsp3) is 0.217. The molecule has 0 aliphatic rings. The smallest absolute Gasteiger partial charge is 0.272 e. The molecule has 0 aliphatic carbocycles. The van der Waals surface area contributed by atoms with Gasteiger partial charge in [-0.25, -0.2) is 9.97 Å². The Morgan fingerprint density at radius 2 is 1.84 bits per heavy atom. The summed E-state index contributed by atoms with van der Waals surface area (Å²) in [5.41, 5.74) is 1.59. The van der Waals surface area contributed by atoms with Gasteiger partial charge < -0.3 is 10.6 Å².